The lowest BCUT2D eigenvalue weighted by Gasteiger charge is -2.45. The van der Waals surface area contributed by atoms with E-state index in [1.165, 1.54) is 107 Å². The molecule has 2 aromatic heterocycles. The maximum absolute atomic E-state index is 14.1. The number of nitriles is 1. The number of anilines is 1. The molecule has 1 fully saturated rings. The Morgan fingerprint density at radius 1 is 1.07 bits per heavy atom. The third kappa shape index (κ3) is 14.1. The third-order valence-corrected chi connectivity index (χ3v) is 11.8. The van der Waals surface area contributed by atoms with E-state index in [2.05, 4.69) is 22.3 Å². The lowest BCUT2D eigenvalue weighted by molar-refractivity contribution is -0.213. The van der Waals surface area contributed by atoms with E-state index in [1.54, 1.807) is 6.07 Å². The van der Waals surface area contributed by atoms with Crippen molar-refractivity contribution in [3.05, 3.63) is 59.3 Å². The van der Waals surface area contributed by atoms with Crippen LogP contribution in [-0.4, -0.2) is 85.5 Å². The van der Waals surface area contributed by atoms with Crippen molar-refractivity contribution in [2.75, 3.05) is 25.5 Å². The lowest BCUT2D eigenvalue weighted by atomic mass is 9.81. The summed E-state index contributed by atoms with van der Waals surface area (Å²) in [7, 11) is -5.08. The van der Waals surface area contributed by atoms with Crippen LogP contribution in [0.4, 0.5) is 10.2 Å². The molecule has 0 saturated carbocycles. The standard InChI is InChI=1S/C42H63FN7O9P/c1-3-4-5-6-7-8-9-10-11-12-13-14-15-16-17-18-21-47-41(53)36(56-26-32-22-31(25-44)23-33(43)24-32)28-58-60(54,55)59-35-27-57-42(30(2)45,39(52)38(35)51)37-20-19-34-40(46)48-29-49-50(34)37/h19-20,22-24,29,35-36,38-39,45,51-52H,3-18,21,26-28H2,1-2H3,(H,47,53)(H,54,55)(H2,46,48,49)/t35?,36-,38?,39+,42-/m0/s1. The number of unbranched alkanes of at least 4 members (excludes halogenated alkanes) is 15. The van der Waals surface area contributed by atoms with Crippen molar-refractivity contribution < 1.29 is 47.4 Å². The summed E-state index contributed by atoms with van der Waals surface area (Å²) >= 11 is 0. The van der Waals surface area contributed by atoms with Gasteiger partial charge in [-0.2, -0.15) is 10.4 Å². The maximum Gasteiger partial charge on any atom is 0.472 e. The second-order valence-corrected chi connectivity index (χ2v) is 16.9. The van der Waals surface area contributed by atoms with Crippen molar-refractivity contribution in [2.45, 2.75) is 153 Å². The minimum Gasteiger partial charge on any atom is -0.387 e. The number of phosphoric ester groups is 1. The first-order valence-electron chi connectivity index (χ1n) is 21.2. The molecule has 4 rings (SSSR count). The average Bonchev–Trinajstić information content (AvgIpc) is 3.66. The zero-order valence-electron chi connectivity index (χ0n) is 34.9. The van der Waals surface area contributed by atoms with Crippen molar-refractivity contribution in [3.63, 3.8) is 0 Å². The van der Waals surface area contributed by atoms with Crippen molar-refractivity contribution >= 4 is 30.8 Å². The highest BCUT2D eigenvalue weighted by Gasteiger charge is 2.55. The molecule has 1 saturated heterocycles. The van der Waals surface area contributed by atoms with Crippen LogP contribution in [0.3, 0.4) is 0 Å². The number of ether oxygens (including phenoxy) is 2. The number of hydrogen-bond acceptors (Lipinski definition) is 13. The van der Waals surface area contributed by atoms with Crippen molar-refractivity contribution in [1.29, 1.82) is 10.7 Å². The predicted molar refractivity (Wildman–Crippen MR) is 223 cm³/mol. The van der Waals surface area contributed by atoms with E-state index >= 15 is 0 Å². The van der Waals surface area contributed by atoms with Gasteiger partial charge in [0.25, 0.3) is 5.91 Å². The Kier molecular flexibility index (Phi) is 20.0. The largest absolute Gasteiger partial charge is 0.472 e. The molecule has 16 nitrogen and oxygen atoms in total. The lowest BCUT2D eigenvalue weighted by Crippen LogP contribution is -2.62. The quantitative estimate of drug-likeness (QED) is 0.0251. The van der Waals surface area contributed by atoms with Crippen LogP contribution in [0.1, 0.15) is 133 Å². The van der Waals surface area contributed by atoms with E-state index < -0.39 is 62.8 Å². The second kappa shape index (κ2) is 24.6. The highest BCUT2D eigenvalue weighted by atomic mass is 31.2. The molecule has 3 heterocycles. The van der Waals surface area contributed by atoms with Crippen LogP contribution in [-0.2, 0) is 40.1 Å². The summed E-state index contributed by atoms with van der Waals surface area (Å²) in [5.41, 5.74) is 4.60. The third-order valence-electron chi connectivity index (χ3n) is 10.8. The molecule has 3 aromatic rings. The normalized spacial score (nSPS) is 20.7. The Hall–Kier alpha value is -3.85. The van der Waals surface area contributed by atoms with Gasteiger partial charge in [-0.1, -0.05) is 103 Å². The van der Waals surface area contributed by atoms with E-state index in [4.69, 9.17) is 29.7 Å². The second-order valence-electron chi connectivity index (χ2n) is 15.5. The number of aromatic nitrogens is 3. The molecule has 1 aromatic carbocycles. The summed E-state index contributed by atoms with van der Waals surface area (Å²) in [6, 6.07) is 8.49. The Morgan fingerprint density at radius 2 is 1.68 bits per heavy atom. The number of nitrogens with one attached hydrogen (secondary N) is 2. The van der Waals surface area contributed by atoms with Crippen LogP contribution in [0.25, 0.3) is 5.52 Å². The number of carbonyl (C=O) groups excluding carboxylic acids is 1. The van der Waals surface area contributed by atoms with Crippen LogP contribution in [0.15, 0.2) is 36.7 Å². The number of nitrogen functional groups attached to an aromatic ring is 1. The van der Waals surface area contributed by atoms with Crippen LogP contribution in [0.2, 0.25) is 0 Å². The van der Waals surface area contributed by atoms with Gasteiger partial charge in [0.2, 0.25) is 0 Å². The maximum atomic E-state index is 14.1. The number of aliphatic hydroxyl groups is 2. The number of nitrogens with zero attached hydrogens (tertiary/aromatic N) is 4. The van der Waals surface area contributed by atoms with Crippen LogP contribution < -0.4 is 11.1 Å². The Labute approximate surface area is 352 Å². The number of benzene rings is 1. The van der Waals surface area contributed by atoms with Gasteiger partial charge in [0.1, 0.15) is 36.0 Å². The summed E-state index contributed by atoms with van der Waals surface area (Å²) < 4.78 is 50.8. The molecular weight excluding hydrogens is 796 g/mol. The van der Waals surface area contributed by atoms with Gasteiger partial charge in [-0.3, -0.25) is 13.8 Å². The number of phosphoric acid groups is 1. The molecular formula is C42H63FN7O9P. The van der Waals surface area contributed by atoms with Gasteiger partial charge >= 0.3 is 7.82 Å². The molecule has 332 valence electrons. The fourth-order valence-electron chi connectivity index (χ4n) is 7.47. The van der Waals surface area contributed by atoms with Gasteiger partial charge in [-0.15, -0.1) is 0 Å². The molecule has 0 aliphatic carbocycles. The monoisotopic (exact) mass is 859 g/mol. The fourth-order valence-corrected chi connectivity index (χ4v) is 8.38. The van der Waals surface area contributed by atoms with E-state index in [0.717, 1.165) is 31.4 Å². The Bertz CT molecular complexity index is 1910. The van der Waals surface area contributed by atoms with E-state index in [9.17, 15) is 34.1 Å². The number of amides is 1. The van der Waals surface area contributed by atoms with Gasteiger partial charge in [-0.25, -0.2) is 18.5 Å². The van der Waals surface area contributed by atoms with Crippen molar-refractivity contribution in [3.8, 4) is 6.07 Å². The number of hydrogen-bond donors (Lipinski definition) is 6. The number of rotatable bonds is 28. The minimum absolute atomic E-state index is 0.0443. The summed E-state index contributed by atoms with van der Waals surface area (Å²) in [5, 5.41) is 47.2. The smallest absolute Gasteiger partial charge is 0.387 e. The molecule has 3 unspecified atom stereocenters. The highest BCUT2D eigenvalue weighted by Crippen LogP contribution is 2.48. The molecule has 7 N–H and O–H groups in total. The summed E-state index contributed by atoms with van der Waals surface area (Å²) in [4.78, 5) is 28.0. The van der Waals surface area contributed by atoms with Crippen molar-refractivity contribution in [1.82, 2.24) is 19.9 Å². The van der Waals surface area contributed by atoms with Crippen LogP contribution in [0, 0.1) is 22.6 Å². The predicted octanol–water partition coefficient (Wildman–Crippen LogP) is 6.77. The van der Waals surface area contributed by atoms with Gasteiger partial charge in [-0.05, 0) is 49.2 Å². The van der Waals surface area contributed by atoms with Gasteiger partial charge in [0, 0.05) is 12.3 Å². The zero-order chi connectivity index (χ0) is 43.5. The first-order chi connectivity index (χ1) is 28.8. The van der Waals surface area contributed by atoms with Crippen LogP contribution in [0.5, 0.6) is 0 Å². The Morgan fingerprint density at radius 3 is 2.28 bits per heavy atom. The Balaban J connectivity index is 1.26. The minimum atomic E-state index is -5.08. The molecule has 18 heteroatoms. The number of fused-ring (bicyclic) bond motifs is 1. The van der Waals surface area contributed by atoms with E-state index in [1.807, 2.05) is 6.07 Å². The first kappa shape index (κ1) is 48.8. The summed E-state index contributed by atoms with van der Waals surface area (Å²) in [6.07, 6.45) is 13.7. The summed E-state index contributed by atoms with van der Waals surface area (Å²) in [5.74, 6) is -1.21. The van der Waals surface area contributed by atoms with Gasteiger partial charge in [0.05, 0.1) is 37.1 Å². The van der Waals surface area contributed by atoms with Crippen LogP contribution >= 0.6 is 7.82 Å². The molecule has 1 amide bonds. The topological polar surface area (TPSA) is 248 Å². The van der Waals surface area contributed by atoms with Crippen molar-refractivity contribution in [2.24, 2.45) is 0 Å². The number of nitrogens with two attached hydrogens (primary N) is 1. The molecule has 0 radical (unpaired) electrons. The average molecular weight is 860 g/mol. The fraction of sp³-hybridized carbons (Fsp3) is 0.643. The number of halogens is 1. The van der Waals surface area contributed by atoms with E-state index in [-0.39, 0.29) is 35.0 Å². The molecule has 1 aliphatic heterocycles. The molecule has 0 spiro atoms. The first-order valence-corrected chi connectivity index (χ1v) is 22.7. The SMILES string of the molecule is CCCCCCCCCCCCCCCCCCNC(=O)[C@H](COP(=O)(O)OC1CO[C@@](C(C)=N)(c2ccc3c(N)ncnn23)[C@H](O)C1O)OCc1cc(F)cc(C#N)c1. The highest BCUT2D eigenvalue weighted by molar-refractivity contribution is 7.47. The number of aliphatic hydroxyl groups excluding tert-OH is 2. The molecule has 1 aliphatic rings. The molecule has 0 bridgehead atoms. The zero-order valence-corrected chi connectivity index (χ0v) is 35.8. The molecule has 60 heavy (non-hydrogen) atoms. The summed E-state index contributed by atoms with van der Waals surface area (Å²) in [6.45, 7) is 2.22. The number of carbonyl (C=O) groups is 1. The molecule has 6 atom stereocenters. The van der Waals surface area contributed by atoms with Gasteiger partial charge in [0.15, 0.2) is 17.5 Å². The van der Waals surface area contributed by atoms with Gasteiger partial charge < -0.3 is 41.0 Å². The van der Waals surface area contributed by atoms with E-state index in [0.29, 0.717) is 18.5 Å².